The summed E-state index contributed by atoms with van der Waals surface area (Å²) in [6.07, 6.45) is 4.11. The predicted octanol–water partition coefficient (Wildman–Crippen LogP) is 2.15. The summed E-state index contributed by atoms with van der Waals surface area (Å²) in [6.45, 7) is 8.01. The second-order valence-electron chi connectivity index (χ2n) is 3.48. The van der Waals surface area contributed by atoms with E-state index in [0.29, 0.717) is 0 Å². The average Bonchev–Trinajstić information content (AvgIpc) is 2.14. The van der Waals surface area contributed by atoms with Crippen LogP contribution in [0.2, 0.25) is 0 Å². The molecule has 0 radical (unpaired) electrons. The normalized spacial score (nSPS) is 22.4. The molecule has 0 fully saturated rings. The second-order valence-corrected chi connectivity index (χ2v) is 3.48. The van der Waals surface area contributed by atoms with Crippen LogP contribution >= 0.6 is 0 Å². The van der Waals surface area contributed by atoms with Crippen LogP contribution < -0.4 is 5.32 Å². The first kappa shape index (κ1) is 11.0. The summed E-state index contributed by atoms with van der Waals surface area (Å²) in [4.78, 5) is 8.81. The maximum Gasteiger partial charge on any atom is 0.126 e. The van der Waals surface area contributed by atoms with Crippen molar-refractivity contribution in [3.63, 3.8) is 0 Å². The third kappa shape index (κ3) is 3.32. The largest absolute Gasteiger partial charge is 0.329 e. The molecule has 0 aromatic carbocycles. The molecule has 0 saturated heterocycles. The van der Waals surface area contributed by atoms with Gasteiger partial charge < -0.3 is 5.32 Å². The van der Waals surface area contributed by atoms with Gasteiger partial charge in [0.15, 0.2) is 0 Å². The van der Waals surface area contributed by atoms with E-state index in [2.05, 4.69) is 35.2 Å². The first-order valence-corrected chi connectivity index (χ1v) is 5.28. The van der Waals surface area contributed by atoms with Crippen molar-refractivity contribution in [2.75, 3.05) is 13.1 Å². The van der Waals surface area contributed by atoms with Crippen LogP contribution in [0.5, 0.6) is 0 Å². The van der Waals surface area contributed by atoms with Crippen LogP contribution in [0.25, 0.3) is 0 Å². The fourth-order valence-electron chi connectivity index (χ4n) is 1.38. The van der Waals surface area contributed by atoms with Gasteiger partial charge in [0, 0.05) is 19.5 Å². The van der Waals surface area contributed by atoms with Crippen molar-refractivity contribution in [1.82, 2.24) is 5.32 Å². The van der Waals surface area contributed by atoms with Crippen molar-refractivity contribution < 1.29 is 0 Å². The fraction of sp³-hybridized carbons (Fsp3) is 0.636. The molecule has 0 saturated carbocycles. The van der Waals surface area contributed by atoms with Crippen LogP contribution in [0, 0.1) is 0 Å². The molecule has 0 aliphatic carbocycles. The molecule has 3 heteroatoms. The molecule has 14 heavy (non-hydrogen) atoms. The maximum absolute atomic E-state index is 4.43. The highest BCUT2D eigenvalue weighted by Crippen LogP contribution is 2.06. The number of nitrogens with zero attached hydrogens (tertiary/aromatic N) is 2. The Labute approximate surface area is 86.0 Å². The zero-order chi connectivity index (χ0) is 10.4. The SMILES string of the molecule is CCCN=C1C=C(C)CC(=NCC)N1. The lowest BCUT2D eigenvalue weighted by Crippen LogP contribution is -2.33. The van der Waals surface area contributed by atoms with Gasteiger partial charge in [-0.2, -0.15) is 0 Å². The van der Waals surface area contributed by atoms with Crippen LogP contribution in [0.4, 0.5) is 0 Å². The van der Waals surface area contributed by atoms with Gasteiger partial charge in [0.2, 0.25) is 0 Å². The third-order valence-corrected chi connectivity index (χ3v) is 1.96. The summed E-state index contributed by atoms with van der Waals surface area (Å²) in [5.74, 6) is 2.00. The molecule has 1 rings (SSSR count). The van der Waals surface area contributed by atoms with E-state index in [4.69, 9.17) is 0 Å². The minimum Gasteiger partial charge on any atom is -0.329 e. The Balaban J connectivity index is 2.71. The molecule has 1 aliphatic rings. The number of hydrogen-bond donors (Lipinski definition) is 1. The number of hydrogen-bond acceptors (Lipinski definition) is 2. The maximum atomic E-state index is 4.43. The van der Waals surface area contributed by atoms with Crippen molar-refractivity contribution in [3.8, 4) is 0 Å². The van der Waals surface area contributed by atoms with E-state index in [-0.39, 0.29) is 0 Å². The van der Waals surface area contributed by atoms with Gasteiger partial charge in [0.05, 0.1) is 0 Å². The predicted molar refractivity (Wildman–Crippen MR) is 62.1 cm³/mol. The lowest BCUT2D eigenvalue weighted by Gasteiger charge is -2.16. The van der Waals surface area contributed by atoms with Crippen LogP contribution in [-0.4, -0.2) is 24.8 Å². The Morgan fingerprint density at radius 2 is 2.14 bits per heavy atom. The molecule has 3 nitrogen and oxygen atoms in total. The van der Waals surface area contributed by atoms with E-state index in [9.17, 15) is 0 Å². The Morgan fingerprint density at radius 1 is 1.36 bits per heavy atom. The van der Waals surface area contributed by atoms with Gasteiger partial charge >= 0.3 is 0 Å². The van der Waals surface area contributed by atoms with E-state index in [1.807, 2.05) is 6.92 Å². The van der Waals surface area contributed by atoms with Crippen molar-refractivity contribution >= 4 is 11.7 Å². The number of rotatable bonds is 3. The zero-order valence-electron chi connectivity index (χ0n) is 9.30. The fourth-order valence-corrected chi connectivity index (χ4v) is 1.38. The van der Waals surface area contributed by atoms with E-state index in [1.165, 1.54) is 5.57 Å². The van der Waals surface area contributed by atoms with Gasteiger partial charge in [-0.15, -0.1) is 0 Å². The Morgan fingerprint density at radius 3 is 2.79 bits per heavy atom. The average molecular weight is 193 g/mol. The van der Waals surface area contributed by atoms with Gasteiger partial charge in [-0.05, 0) is 26.3 Å². The highest BCUT2D eigenvalue weighted by atomic mass is 15.1. The molecule has 0 spiro atoms. The van der Waals surface area contributed by atoms with Crippen molar-refractivity contribution in [1.29, 1.82) is 0 Å². The molecular formula is C11H19N3. The minimum absolute atomic E-state index is 0.830. The Kier molecular flexibility index (Phi) is 4.36. The van der Waals surface area contributed by atoms with Gasteiger partial charge in [0.25, 0.3) is 0 Å². The zero-order valence-corrected chi connectivity index (χ0v) is 9.30. The van der Waals surface area contributed by atoms with Crippen LogP contribution in [0.3, 0.4) is 0 Å². The summed E-state index contributed by atoms with van der Waals surface area (Å²) in [5.41, 5.74) is 1.32. The summed E-state index contributed by atoms with van der Waals surface area (Å²) in [5, 5.41) is 3.24. The van der Waals surface area contributed by atoms with Crippen LogP contribution in [-0.2, 0) is 0 Å². The third-order valence-electron chi connectivity index (χ3n) is 1.96. The molecule has 0 bridgehead atoms. The number of amidine groups is 2. The molecule has 1 heterocycles. The van der Waals surface area contributed by atoms with Crippen LogP contribution in [0.15, 0.2) is 21.6 Å². The van der Waals surface area contributed by atoms with Crippen molar-refractivity contribution in [2.24, 2.45) is 9.98 Å². The molecule has 1 N–H and O–H groups in total. The first-order valence-electron chi connectivity index (χ1n) is 5.28. The van der Waals surface area contributed by atoms with Crippen LogP contribution in [0.1, 0.15) is 33.6 Å². The van der Waals surface area contributed by atoms with E-state index in [0.717, 1.165) is 37.6 Å². The topological polar surface area (TPSA) is 36.8 Å². The molecule has 0 atom stereocenters. The molecule has 1 aliphatic heterocycles. The second kappa shape index (κ2) is 5.58. The molecular weight excluding hydrogens is 174 g/mol. The quantitative estimate of drug-likeness (QED) is 0.732. The van der Waals surface area contributed by atoms with Gasteiger partial charge in [-0.25, -0.2) is 0 Å². The van der Waals surface area contributed by atoms with Gasteiger partial charge in [-0.3, -0.25) is 9.98 Å². The molecule has 0 aromatic heterocycles. The van der Waals surface area contributed by atoms with Gasteiger partial charge in [-0.1, -0.05) is 12.5 Å². The molecule has 0 amide bonds. The Bertz CT molecular complexity index is 274. The van der Waals surface area contributed by atoms with Gasteiger partial charge in [0.1, 0.15) is 11.7 Å². The molecule has 0 aromatic rings. The van der Waals surface area contributed by atoms with E-state index < -0.39 is 0 Å². The number of nitrogens with one attached hydrogen (secondary N) is 1. The van der Waals surface area contributed by atoms with Crippen molar-refractivity contribution in [2.45, 2.75) is 33.6 Å². The summed E-state index contributed by atoms with van der Waals surface area (Å²) < 4.78 is 0. The lowest BCUT2D eigenvalue weighted by atomic mass is 10.1. The minimum atomic E-state index is 0.830. The van der Waals surface area contributed by atoms with Crippen molar-refractivity contribution in [3.05, 3.63) is 11.6 Å². The number of aliphatic imine (C=N–C) groups is 2. The molecule has 0 unspecified atom stereocenters. The lowest BCUT2D eigenvalue weighted by molar-refractivity contribution is 0.922. The standard InChI is InChI=1S/C11H19N3/c1-4-6-13-11-8-9(3)7-10(14-11)12-5-2/h8H,4-7H2,1-3H3,(H,12,13,14). The highest BCUT2D eigenvalue weighted by Gasteiger charge is 2.09. The highest BCUT2D eigenvalue weighted by molar-refractivity contribution is 6.09. The summed E-state index contributed by atoms with van der Waals surface area (Å²) in [6, 6.07) is 0. The van der Waals surface area contributed by atoms with E-state index >= 15 is 0 Å². The monoisotopic (exact) mass is 193 g/mol. The summed E-state index contributed by atoms with van der Waals surface area (Å²) >= 11 is 0. The van der Waals surface area contributed by atoms with E-state index in [1.54, 1.807) is 0 Å². The smallest absolute Gasteiger partial charge is 0.126 e. The summed E-state index contributed by atoms with van der Waals surface area (Å²) in [7, 11) is 0. The molecule has 78 valence electrons. The first-order chi connectivity index (χ1) is 6.76. The Hall–Kier alpha value is -1.12.